The van der Waals surface area contributed by atoms with E-state index in [9.17, 15) is 13.2 Å². The summed E-state index contributed by atoms with van der Waals surface area (Å²) in [5, 5.41) is 4.12. The second kappa shape index (κ2) is 7.36. The van der Waals surface area contributed by atoms with Gasteiger partial charge in [-0.15, -0.1) is 0 Å². The van der Waals surface area contributed by atoms with Crippen molar-refractivity contribution in [2.45, 2.75) is 25.3 Å². The predicted octanol–water partition coefficient (Wildman–Crippen LogP) is 2.24. The zero-order valence-corrected chi connectivity index (χ0v) is 15.5. The molecule has 2 heterocycles. The van der Waals surface area contributed by atoms with Crippen LogP contribution in [-0.2, 0) is 37.1 Å². The van der Waals surface area contributed by atoms with Crippen molar-refractivity contribution in [3.63, 3.8) is 0 Å². The highest BCUT2D eigenvalue weighted by Gasteiger charge is 2.31. The van der Waals surface area contributed by atoms with E-state index < -0.39 is 28.7 Å². The Bertz CT molecular complexity index is 1110. The fourth-order valence-corrected chi connectivity index (χ4v) is 3.73. The Kier molecular flexibility index (Phi) is 4.90. The molecule has 1 aromatic heterocycles. The first-order valence-electron chi connectivity index (χ1n) is 8.64. The summed E-state index contributed by atoms with van der Waals surface area (Å²) in [7, 11) is -4.82. The first-order valence-corrected chi connectivity index (χ1v) is 10.0. The van der Waals surface area contributed by atoms with E-state index in [-0.39, 0.29) is 5.56 Å². The minimum atomic E-state index is -4.82. The summed E-state index contributed by atoms with van der Waals surface area (Å²) >= 11 is 0. The summed E-state index contributed by atoms with van der Waals surface area (Å²) in [5.74, 6) is -0.673. The van der Waals surface area contributed by atoms with Gasteiger partial charge in [-0.2, -0.15) is 8.42 Å². The number of benzene rings is 2. The van der Waals surface area contributed by atoms with E-state index in [1.54, 1.807) is 18.2 Å². The molecule has 0 spiro atoms. The van der Waals surface area contributed by atoms with E-state index in [1.807, 2.05) is 24.3 Å². The van der Waals surface area contributed by atoms with Crippen LogP contribution in [0.2, 0.25) is 0 Å². The molecule has 8 nitrogen and oxygen atoms in total. The molecule has 146 valence electrons. The van der Waals surface area contributed by atoms with E-state index in [2.05, 4.69) is 14.5 Å². The van der Waals surface area contributed by atoms with Gasteiger partial charge in [0.05, 0.1) is 0 Å². The van der Waals surface area contributed by atoms with Crippen LogP contribution in [0.5, 0.6) is 0 Å². The van der Waals surface area contributed by atoms with E-state index >= 15 is 0 Å². The third-order valence-electron chi connectivity index (χ3n) is 4.62. The van der Waals surface area contributed by atoms with E-state index in [0.717, 1.165) is 22.2 Å². The van der Waals surface area contributed by atoms with Crippen LogP contribution < -0.4 is 5.32 Å². The molecule has 1 aliphatic heterocycles. The third-order valence-corrected chi connectivity index (χ3v) is 5.04. The van der Waals surface area contributed by atoms with E-state index in [0.29, 0.717) is 13.0 Å². The summed E-state index contributed by atoms with van der Waals surface area (Å²) < 4.78 is 41.2. The molecule has 3 aromatic rings. The highest BCUT2D eigenvalue weighted by atomic mass is 32.3. The Balaban J connectivity index is 1.55. The Morgan fingerprint density at radius 2 is 1.82 bits per heavy atom. The molecule has 1 unspecified atom stereocenters. The van der Waals surface area contributed by atoms with Gasteiger partial charge in [-0.1, -0.05) is 48.5 Å². The van der Waals surface area contributed by atoms with Gasteiger partial charge in [0.25, 0.3) is 0 Å². The SMILES string of the molecule is O=C(OC(OS(=O)(=O)O)c1ccccc1)[C@@H]1Cc2c([nH]c3ccccc23)CN1. The quantitative estimate of drug-likeness (QED) is 0.340. The number of carbonyl (C=O) groups is 1. The number of nitrogens with one attached hydrogen (secondary N) is 2. The van der Waals surface area contributed by atoms with Crippen molar-refractivity contribution in [1.82, 2.24) is 10.3 Å². The average molecular weight is 402 g/mol. The zero-order valence-electron chi connectivity index (χ0n) is 14.7. The maximum atomic E-state index is 12.7. The molecule has 0 fully saturated rings. The number of rotatable bonds is 5. The summed E-state index contributed by atoms with van der Waals surface area (Å²) in [6.45, 7) is 0.443. The Hall–Kier alpha value is -2.72. The van der Waals surface area contributed by atoms with Crippen LogP contribution in [0.4, 0.5) is 0 Å². The number of ether oxygens (including phenoxy) is 1. The number of fused-ring (bicyclic) bond motifs is 3. The van der Waals surface area contributed by atoms with Crippen LogP contribution in [0.1, 0.15) is 23.1 Å². The van der Waals surface area contributed by atoms with Crippen LogP contribution in [0.3, 0.4) is 0 Å². The molecule has 0 saturated heterocycles. The standard InChI is InChI=1S/C19H18N2O6S/c22-18(26-19(27-28(23,24)25)12-6-2-1-3-7-12)16-10-14-13-8-4-5-9-15(13)21-17(14)11-20-16/h1-9,16,19-21H,10-11H2,(H,23,24,25)/t16-,19?/m0/s1. The number of H-pyrrole nitrogens is 1. The molecule has 0 amide bonds. The summed E-state index contributed by atoms with van der Waals surface area (Å²) in [6.07, 6.45) is -1.19. The van der Waals surface area contributed by atoms with Crippen molar-refractivity contribution in [3.05, 3.63) is 71.4 Å². The maximum Gasteiger partial charge on any atom is 0.400 e. The molecule has 28 heavy (non-hydrogen) atoms. The van der Waals surface area contributed by atoms with Crippen LogP contribution >= 0.6 is 0 Å². The smallest absolute Gasteiger partial charge is 0.400 e. The third kappa shape index (κ3) is 3.92. The Morgan fingerprint density at radius 3 is 2.57 bits per heavy atom. The van der Waals surface area contributed by atoms with Crippen LogP contribution in [0.15, 0.2) is 54.6 Å². The molecular formula is C19H18N2O6S. The van der Waals surface area contributed by atoms with Crippen LogP contribution in [0, 0.1) is 0 Å². The van der Waals surface area contributed by atoms with E-state index in [1.165, 1.54) is 12.1 Å². The molecule has 0 bridgehead atoms. The van der Waals surface area contributed by atoms with Gasteiger partial charge in [0.1, 0.15) is 6.04 Å². The number of aromatic nitrogens is 1. The molecule has 9 heteroatoms. The first-order chi connectivity index (χ1) is 13.4. The fourth-order valence-electron chi connectivity index (χ4n) is 3.36. The monoisotopic (exact) mass is 402 g/mol. The van der Waals surface area contributed by atoms with Crippen molar-refractivity contribution in [2.24, 2.45) is 0 Å². The average Bonchev–Trinajstić information content (AvgIpc) is 3.05. The summed E-state index contributed by atoms with van der Waals surface area (Å²) in [4.78, 5) is 16.0. The lowest BCUT2D eigenvalue weighted by molar-refractivity contribution is -0.167. The van der Waals surface area contributed by atoms with Gasteiger partial charge in [-0.3, -0.25) is 14.7 Å². The van der Waals surface area contributed by atoms with Gasteiger partial charge in [0, 0.05) is 35.1 Å². The first kappa shape index (κ1) is 18.6. The largest absolute Gasteiger partial charge is 0.429 e. The number of hydrogen-bond donors (Lipinski definition) is 3. The second-order valence-corrected chi connectivity index (χ2v) is 7.52. The van der Waals surface area contributed by atoms with Crippen LogP contribution in [-0.4, -0.2) is 30.0 Å². The van der Waals surface area contributed by atoms with Crippen LogP contribution in [0.25, 0.3) is 10.9 Å². The topological polar surface area (TPSA) is 118 Å². The van der Waals surface area contributed by atoms with Gasteiger partial charge in [0.15, 0.2) is 0 Å². The van der Waals surface area contributed by atoms with Crippen molar-refractivity contribution < 1.29 is 26.7 Å². The number of hydrogen-bond acceptors (Lipinski definition) is 6. The summed E-state index contributed by atoms with van der Waals surface area (Å²) in [6, 6.07) is 15.2. The number of esters is 1. The summed E-state index contributed by atoms with van der Waals surface area (Å²) in [5.41, 5.74) is 3.29. The highest BCUT2D eigenvalue weighted by molar-refractivity contribution is 7.80. The second-order valence-electron chi connectivity index (χ2n) is 6.47. The van der Waals surface area contributed by atoms with Gasteiger partial charge >= 0.3 is 16.4 Å². The molecule has 0 aliphatic carbocycles. The van der Waals surface area contributed by atoms with E-state index in [4.69, 9.17) is 9.29 Å². The lowest BCUT2D eigenvalue weighted by Gasteiger charge is -2.25. The molecular weight excluding hydrogens is 384 g/mol. The number of carbonyl (C=O) groups excluding carboxylic acids is 1. The van der Waals surface area contributed by atoms with Crippen molar-refractivity contribution in [2.75, 3.05) is 0 Å². The number of para-hydroxylation sites is 1. The molecule has 1 aliphatic rings. The van der Waals surface area contributed by atoms with Crippen molar-refractivity contribution in [3.8, 4) is 0 Å². The van der Waals surface area contributed by atoms with Gasteiger partial charge in [-0.05, 0) is 11.6 Å². The zero-order chi connectivity index (χ0) is 19.7. The van der Waals surface area contributed by atoms with Gasteiger partial charge < -0.3 is 9.72 Å². The Morgan fingerprint density at radius 1 is 1.11 bits per heavy atom. The lowest BCUT2D eigenvalue weighted by Crippen LogP contribution is -2.43. The molecule has 0 saturated carbocycles. The Labute approximate surface area is 161 Å². The fraction of sp³-hybridized carbons (Fsp3) is 0.211. The minimum absolute atomic E-state index is 0.289. The minimum Gasteiger partial charge on any atom is -0.429 e. The van der Waals surface area contributed by atoms with Crippen molar-refractivity contribution >= 4 is 27.3 Å². The normalized spacial score (nSPS) is 17.8. The predicted molar refractivity (Wildman–Crippen MR) is 101 cm³/mol. The van der Waals surface area contributed by atoms with Gasteiger partial charge in [-0.25, -0.2) is 4.18 Å². The molecule has 2 aromatic carbocycles. The molecule has 2 atom stereocenters. The number of aromatic amines is 1. The molecule has 0 radical (unpaired) electrons. The molecule has 4 rings (SSSR count). The van der Waals surface area contributed by atoms with Crippen molar-refractivity contribution in [1.29, 1.82) is 0 Å². The van der Waals surface area contributed by atoms with Gasteiger partial charge in [0.2, 0.25) is 6.29 Å². The maximum absolute atomic E-state index is 12.7. The lowest BCUT2D eigenvalue weighted by atomic mass is 9.98. The highest BCUT2D eigenvalue weighted by Crippen LogP contribution is 2.28. The molecule has 3 N–H and O–H groups in total.